The lowest BCUT2D eigenvalue weighted by atomic mass is 10.3. The maximum atomic E-state index is 9.04. The summed E-state index contributed by atoms with van der Waals surface area (Å²) in [5.41, 5.74) is 0.901. The Balaban J connectivity index is 2.28. The molecule has 0 aliphatic rings. The van der Waals surface area contributed by atoms with Crippen LogP contribution in [0.5, 0.6) is 0 Å². The van der Waals surface area contributed by atoms with Gasteiger partial charge in [0.2, 0.25) is 0 Å². The van der Waals surface area contributed by atoms with Gasteiger partial charge >= 0.3 is 0 Å². The molecule has 5 heteroatoms. The van der Waals surface area contributed by atoms with Gasteiger partial charge in [0.1, 0.15) is 0 Å². The fourth-order valence-corrected chi connectivity index (χ4v) is 1.18. The third kappa shape index (κ3) is 4.15. The topological polar surface area (TPSA) is 65.4 Å². The standard InChI is InChI=1S/C9H13BrN2O2/c10-7-1-2-8(12-3-7)4-11-5-9(14)6-13/h1-3,9,11,13-14H,4-6H2. The fraction of sp³-hybridized carbons (Fsp3) is 0.444. The van der Waals surface area contributed by atoms with E-state index in [9.17, 15) is 0 Å². The lowest BCUT2D eigenvalue weighted by Crippen LogP contribution is -2.29. The number of aromatic nitrogens is 1. The van der Waals surface area contributed by atoms with Crippen LogP contribution in [-0.4, -0.2) is 34.5 Å². The third-order valence-electron chi connectivity index (χ3n) is 1.69. The lowest BCUT2D eigenvalue weighted by molar-refractivity contribution is 0.0941. The molecule has 1 aromatic rings. The minimum absolute atomic E-state index is 0.221. The van der Waals surface area contributed by atoms with Gasteiger partial charge in [0.05, 0.1) is 18.4 Å². The zero-order chi connectivity index (χ0) is 10.4. The molecule has 1 rings (SSSR count). The van der Waals surface area contributed by atoms with Crippen LogP contribution in [0.4, 0.5) is 0 Å². The van der Waals surface area contributed by atoms with Gasteiger partial charge in [-0.15, -0.1) is 0 Å². The minimum atomic E-state index is -0.703. The number of rotatable bonds is 5. The van der Waals surface area contributed by atoms with Crippen LogP contribution in [0, 0.1) is 0 Å². The quantitative estimate of drug-likeness (QED) is 0.712. The van der Waals surface area contributed by atoms with Crippen molar-refractivity contribution >= 4 is 15.9 Å². The second-order valence-electron chi connectivity index (χ2n) is 2.94. The van der Waals surface area contributed by atoms with Crippen molar-refractivity contribution < 1.29 is 10.2 Å². The molecule has 1 aromatic heterocycles. The predicted molar refractivity (Wildman–Crippen MR) is 56.7 cm³/mol. The van der Waals surface area contributed by atoms with Crippen LogP contribution in [0.15, 0.2) is 22.8 Å². The first-order chi connectivity index (χ1) is 6.72. The molecule has 1 unspecified atom stereocenters. The number of aliphatic hydroxyl groups excluding tert-OH is 2. The van der Waals surface area contributed by atoms with Crippen LogP contribution in [-0.2, 0) is 6.54 Å². The molecule has 0 spiro atoms. The van der Waals surface area contributed by atoms with Gasteiger partial charge in [0.15, 0.2) is 0 Å². The van der Waals surface area contributed by atoms with E-state index in [1.807, 2.05) is 12.1 Å². The van der Waals surface area contributed by atoms with E-state index in [1.165, 1.54) is 0 Å². The molecule has 0 aliphatic heterocycles. The van der Waals surface area contributed by atoms with Crippen LogP contribution < -0.4 is 5.32 Å². The van der Waals surface area contributed by atoms with Crippen molar-refractivity contribution in [3.8, 4) is 0 Å². The monoisotopic (exact) mass is 260 g/mol. The summed E-state index contributed by atoms with van der Waals surface area (Å²) in [5.74, 6) is 0. The van der Waals surface area contributed by atoms with E-state index < -0.39 is 6.10 Å². The van der Waals surface area contributed by atoms with Gasteiger partial charge < -0.3 is 15.5 Å². The average Bonchev–Trinajstić information content (AvgIpc) is 2.21. The van der Waals surface area contributed by atoms with Gasteiger partial charge in [-0.2, -0.15) is 0 Å². The summed E-state index contributed by atoms with van der Waals surface area (Å²) < 4.78 is 0.941. The first-order valence-corrected chi connectivity index (χ1v) is 5.11. The molecule has 0 bridgehead atoms. The highest BCUT2D eigenvalue weighted by atomic mass is 79.9. The lowest BCUT2D eigenvalue weighted by Gasteiger charge is -2.08. The zero-order valence-electron chi connectivity index (χ0n) is 7.65. The second-order valence-corrected chi connectivity index (χ2v) is 3.85. The van der Waals surface area contributed by atoms with E-state index in [1.54, 1.807) is 6.20 Å². The Kier molecular flexibility index (Phi) is 5.03. The Morgan fingerprint density at radius 1 is 1.50 bits per heavy atom. The maximum absolute atomic E-state index is 9.04. The van der Waals surface area contributed by atoms with Crippen molar-refractivity contribution in [3.63, 3.8) is 0 Å². The second kappa shape index (κ2) is 6.08. The number of hydrogen-bond acceptors (Lipinski definition) is 4. The summed E-state index contributed by atoms with van der Waals surface area (Å²) in [6.07, 6.45) is 1.02. The molecule has 0 aromatic carbocycles. The van der Waals surface area contributed by atoms with Crippen molar-refractivity contribution in [2.24, 2.45) is 0 Å². The SMILES string of the molecule is OCC(O)CNCc1ccc(Br)cn1. The predicted octanol–water partition coefficient (Wildman–Crippen LogP) is 0.287. The molecule has 4 nitrogen and oxygen atoms in total. The first-order valence-electron chi connectivity index (χ1n) is 4.32. The van der Waals surface area contributed by atoms with Crippen LogP contribution in [0.1, 0.15) is 5.69 Å². The Hall–Kier alpha value is -0.490. The minimum Gasteiger partial charge on any atom is -0.394 e. The maximum Gasteiger partial charge on any atom is 0.0895 e. The number of aliphatic hydroxyl groups is 2. The van der Waals surface area contributed by atoms with Gasteiger partial charge in [-0.1, -0.05) is 0 Å². The molecule has 78 valence electrons. The van der Waals surface area contributed by atoms with E-state index in [2.05, 4.69) is 26.2 Å². The zero-order valence-corrected chi connectivity index (χ0v) is 9.24. The number of pyridine rings is 1. The van der Waals surface area contributed by atoms with Crippen molar-refractivity contribution in [3.05, 3.63) is 28.5 Å². The molecule has 1 atom stereocenters. The summed E-state index contributed by atoms with van der Waals surface area (Å²) in [6.45, 7) is 0.735. The molecular weight excluding hydrogens is 248 g/mol. The average molecular weight is 261 g/mol. The summed E-state index contributed by atoms with van der Waals surface area (Å²) in [4.78, 5) is 4.15. The summed E-state index contributed by atoms with van der Waals surface area (Å²) in [6, 6.07) is 3.80. The van der Waals surface area contributed by atoms with Crippen molar-refractivity contribution in [1.29, 1.82) is 0 Å². The fourth-order valence-electron chi connectivity index (χ4n) is 0.942. The number of nitrogens with zero attached hydrogens (tertiary/aromatic N) is 1. The summed E-state index contributed by atoms with van der Waals surface area (Å²) in [7, 11) is 0. The molecule has 0 fully saturated rings. The molecule has 0 aliphatic carbocycles. The first kappa shape index (κ1) is 11.6. The number of halogens is 1. The van der Waals surface area contributed by atoms with Crippen molar-refractivity contribution in [2.45, 2.75) is 12.6 Å². The normalized spacial score (nSPS) is 12.8. The van der Waals surface area contributed by atoms with E-state index in [-0.39, 0.29) is 6.61 Å². The van der Waals surface area contributed by atoms with Gasteiger partial charge in [-0.25, -0.2) is 0 Å². The van der Waals surface area contributed by atoms with Crippen LogP contribution in [0.25, 0.3) is 0 Å². The third-order valence-corrected chi connectivity index (χ3v) is 2.15. The highest BCUT2D eigenvalue weighted by Crippen LogP contribution is 2.06. The van der Waals surface area contributed by atoms with Crippen LogP contribution >= 0.6 is 15.9 Å². The molecule has 1 heterocycles. The smallest absolute Gasteiger partial charge is 0.0895 e. The molecule has 3 N–H and O–H groups in total. The van der Waals surface area contributed by atoms with Crippen molar-refractivity contribution in [2.75, 3.05) is 13.2 Å². The Morgan fingerprint density at radius 2 is 2.29 bits per heavy atom. The van der Waals surface area contributed by atoms with Crippen molar-refractivity contribution in [1.82, 2.24) is 10.3 Å². The number of nitrogens with one attached hydrogen (secondary N) is 1. The van der Waals surface area contributed by atoms with Gasteiger partial charge in [-0.05, 0) is 28.1 Å². The van der Waals surface area contributed by atoms with Crippen LogP contribution in [0.3, 0.4) is 0 Å². The highest BCUT2D eigenvalue weighted by Gasteiger charge is 2.00. The molecule has 14 heavy (non-hydrogen) atoms. The molecule has 0 saturated carbocycles. The number of hydrogen-bond donors (Lipinski definition) is 3. The molecular formula is C9H13BrN2O2. The van der Waals surface area contributed by atoms with E-state index >= 15 is 0 Å². The van der Waals surface area contributed by atoms with E-state index in [4.69, 9.17) is 10.2 Å². The Bertz CT molecular complexity index is 266. The Labute approximate surface area is 91.1 Å². The summed E-state index contributed by atoms with van der Waals surface area (Å²) >= 11 is 3.29. The van der Waals surface area contributed by atoms with Gasteiger partial charge in [-0.3, -0.25) is 4.98 Å². The van der Waals surface area contributed by atoms with Gasteiger partial charge in [0.25, 0.3) is 0 Å². The molecule has 0 radical (unpaired) electrons. The Morgan fingerprint density at radius 3 is 2.86 bits per heavy atom. The van der Waals surface area contributed by atoms with E-state index in [0.29, 0.717) is 13.1 Å². The largest absolute Gasteiger partial charge is 0.394 e. The molecule has 0 amide bonds. The van der Waals surface area contributed by atoms with Gasteiger partial charge in [0, 0.05) is 23.8 Å². The van der Waals surface area contributed by atoms with E-state index in [0.717, 1.165) is 10.2 Å². The van der Waals surface area contributed by atoms with Crippen LogP contribution in [0.2, 0.25) is 0 Å². The summed E-state index contributed by atoms with van der Waals surface area (Å²) in [5, 5.41) is 20.6. The molecule has 0 saturated heterocycles. The highest BCUT2D eigenvalue weighted by molar-refractivity contribution is 9.10.